The molecule has 2 rings (SSSR count). The molecule has 1 unspecified atom stereocenters. The van der Waals surface area contributed by atoms with Gasteiger partial charge in [0.1, 0.15) is 0 Å². The van der Waals surface area contributed by atoms with Crippen LogP contribution in [0.15, 0.2) is 47.3 Å². The van der Waals surface area contributed by atoms with Gasteiger partial charge in [0.15, 0.2) is 0 Å². The van der Waals surface area contributed by atoms with Gasteiger partial charge in [-0.25, -0.2) is 0 Å². The van der Waals surface area contributed by atoms with Crippen LogP contribution in [0.1, 0.15) is 18.5 Å². The molecule has 0 amide bonds. The van der Waals surface area contributed by atoms with Crippen molar-refractivity contribution in [1.29, 1.82) is 0 Å². The average Bonchev–Trinajstić information content (AvgIpc) is 2.74. The number of halogens is 1. The lowest BCUT2D eigenvalue weighted by Gasteiger charge is -2.14. The van der Waals surface area contributed by atoms with Crippen LogP contribution in [-0.2, 0) is 0 Å². The summed E-state index contributed by atoms with van der Waals surface area (Å²) in [6.45, 7) is 2.06. The van der Waals surface area contributed by atoms with Gasteiger partial charge in [0, 0.05) is 5.56 Å². The summed E-state index contributed by atoms with van der Waals surface area (Å²) in [6.07, 6.45) is 3.40. The maximum Gasteiger partial charge on any atom is 0.0955 e. The molecule has 0 fully saturated rings. The summed E-state index contributed by atoms with van der Waals surface area (Å²) in [5.74, 6) is 0. The van der Waals surface area contributed by atoms with E-state index in [1.165, 1.54) is 0 Å². The molecule has 1 aromatic carbocycles. The van der Waals surface area contributed by atoms with Gasteiger partial charge in [0.25, 0.3) is 0 Å². The van der Waals surface area contributed by atoms with Gasteiger partial charge in [-0.3, -0.25) is 0 Å². The molecule has 78 valence electrons. The van der Waals surface area contributed by atoms with Crippen LogP contribution in [0.2, 0.25) is 5.02 Å². The second-order valence-electron chi connectivity index (χ2n) is 3.40. The predicted molar refractivity (Wildman–Crippen MR) is 62.2 cm³/mol. The highest BCUT2D eigenvalue weighted by Gasteiger charge is 2.07. The van der Waals surface area contributed by atoms with Gasteiger partial charge in [-0.2, -0.15) is 0 Å². The van der Waals surface area contributed by atoms with Crippen LogP contribution in [0, 0.1) is 0 Å². The lowest BCUT2D eigenvalue weighted by Crippen LogP contribution is -2.05. The van der Waals surface area contributed by atoms with Gasteiger partial charge in [-0.15, -0.1) is 0 Å². The maximum absolute atomic E-state index is 6.04. The zero-order chi connectivity index (χ0) is 10.7. The fourth-order valence-electron chi connectivity index (χ4n) is 1.42. The van der Waals surface area contributed by atoms with Crippen molar-refractivity contribution in [2.75, 3.05) is 5.32 Å². The molecule has 0 radical (unpaired) electrons. The molecule has 15 heavy (non-hydrogen) atoms. The largest absolute Gasteiger partial charge is 0.472 e. The van der Waals surface area contributed by atoms with E-state index in [1.54, 1.807) is 12.5 Å². The van der Waals surface area contributed by atoms with Crippen LogP contribution in [0.25, 0.3) is 0 Å². The normalized spacial score (nSPS) is 12.4. The van der Waals surface area contributed by atoms with Crippen LogP contribution >= 0.6 is 11.6 Å². The Bertz CT molecular complexity index is 425. The fraction of sp³-hybridized carbons (Fsp3) is 0.167. The third kappa shape index (κ3) is 2.34. The lowest BCUT2D eigenvalue weighted by atomic mass is 10.1. The number of para-hydroxylation sites is 1. The van der Waals surface area contributed by atoms with E-state index in [0.29, 0.717) is 0 Å². The molecule has 3 heteroatoms. The third-order valence-electron chi connectivity index (χ3n) is 2.29. The first-order chi connectivity index (χ1) is 7.27. The minimum atomic E-state index is 0.184. The quantitative estimate of drug-likeness (QED) is 0.844. The third-order valence-corrected chi connectivity index (χ3v) is 2.62. The van der Waals surface area contributed by atoms with Crippen molar-refractivity contribution in [2.45, 2.75) is 13.0 Å². The second kappa shape index (κ2) is 4.41. The summed E-state index contributed by atoms with van der Waals surface area (Å²) in [4.78, 5) is 0. The number of hydrogen-bond acceptors (Lipinski definition) is 2. The van der Waals surface area contributed by atoms with Crippen molar-refractivity contribution in [2.24, 2.45) is 0 Å². The molecule has 0 aliphatic rings. The first kappa shape index (κ1) is 10.1. The summed E-state index contributed by atoms with van der Waals surface area (Å²) in [5, 5.41) is 4.05. The minimum absolute atomic E-state index is 0.184. The molecule has 2 aromatic rings. The number of anilines is 1. The Morgan fingerprint density at radius 1 is 1.27 bits per heavy atom. The molecule has 2 nitrogen and oxygen atoms in total. The summed E-state index contributed by atoms with van der Waals surface area (Å²) in [6, 6.07) is 9.81. The summed E-state index contributed by atoms with van der Waals surface area (Å²) < 4.78 is 5.03. The van der Waals surface area contributed by atoms with Gasteiger partial charge < -0.3 is 9.73 Å². The molecular formula is C12H12ClNO. The molecule has 1 aromatic heterocycles. The Labute approximate surface area is 93.9 Å². The fourth-order valence-corrected chi connectivity index (χ4v) is 1.61. The predicted octanol–water partition coefficient (Wildman–Crippen LogP) is 4.11. The monoisotopic (exact) mass is 221 g/mol. The van der Waals surface area contributed by atoms with Crippen molar-refractivity contribution in [1.82, 2.24) is 0 Å². The topological polar surface area (TPSA) is 25.2 Å². The molecular weight excluding hydrogens is 210 g/mol. The molecule has 0 aliphatic carbocycles. The second-order valence-corrected chi connectivity index (χ2v) is 3.81. The number of rotatable bonds is 3. The van der Waals surface area contributed by atoms with E-state index in [0.717, 1.165) is 16.3 Å². The van der Waals surface area contributed by atoms with Crippen LogP contribution in [0.3, 0.4) is 0 Å². The molecule has 0 bridgehead atoms. The summed E-state index contributed by atoms with van der Waals surface area (Å²) in [5.41, 5.74) is 2.04. The van der Waals surface area contributed by atoms with E-state index in [9.17, 15) is 0 Å². The highest BCUT2D eigenvalue weighted by molar-refractivity contribution is 6.33. The van der Waals surface area contributed by atoms with Gasteiger partial charge in [0.05, 0.1) is 29.3 Å². The van der Waals surface area contributed by atoms with Crippen molar-refractivity contribution < 1.29 is 4.42 Å². The molecule has 1 N–H and O–H groups in total. The number of hydrogen-bond donors (Lipinski definition) is 1. The van der Waals surface area contributed by atoms with E-state index in [1.807, 2.05) is 30.3 Å². The Hall–Kier alpha value is -1.41. The molecule has 1 heterocycles. The molecule has 0 saturated carbocycles. The minimum Gasteiger partial charge on any atom is -0.472 e. The lowest BCUT2D eigenvalue weighted by molar-refractivity contribution is 0.562. The van der Waals surface area contributed by atoms with Gasteiger partial charge in [0.2, 0.25) is 0 Å². The van der Waals surface area contributed by atoms with Crippen LogP contribution in [0.5, 0.6) is 0 Å². The zero-order valence-corrected chi connectivity index (χ0v) is 9.16. The first-order valence-corrected chi connectivity index (χ1v) is 5.18. The smallest absolute Gasteiger partial charge is 0.0955 e. The average molecular weight is 222 g/mol. The molecule has 1 atom stereocenters. The van der Waals surface area contributed by atoms with Crippen LogP contribution < -0.4 is 5.32 Å². The number of furan rings is 1. The molecule has 0 spiro atoms. The first-order valence-electron chi connectivity index (χ1n) is 4.80. The van der Waals surface area contributed by atoms with Crippen LogP contribution in [0.4, 0.5) is 5.69 Å². The summed E-state index contributed by atoms with van der Waals surface area (Å²) >= 11 is 6.04. The van der Waals surface area contributed by atoms with Gasteiger partial charge in [-0.1, -0.05) is 23.7 Å². The Morgan fingerprint density at radius 3 is 2.73 bits per heavy atom. The van der Waals surface area contributed by atoms with E-state index >= 15 is 0 Å². The molecule has 0 aliphatic heterocycles. The standard InChI is InChI=1S/C12H12ClNO/c1-9(10-6-7-15-8-10)14-12-5-3-2-4-11(12)13/h2-9,14H,1H3. The SMILES string of the molecule is CC(Nc1ccccc1Cl)c1ccoc1. The van der Waals surface area contributed by atoms with E-state index in [2.05, 4.69) is 12.2 Å². The van der Waals surface area contributed by atoms with Gasteiger partial charge in [-0.05, 0) is 25.1 Å². The number of benzene rings is 1. The van der Waals surface area contributed by atoms with Crippen molar-refractivity contribution >= 4 is 17.3 Å². The van der Waals surface area contributed by atoms with E-state index < -0.39 is 0 Å². The highest BCUT2D eigenvalue weighted by atomic mass is 35.5. The van der Waals surface area contributed by atoms with Gasteiger partial charge >= 0.3 is 0 Å². The number of nitrogens with one attached hydrogen (secondary N) is 1. The van der Waals surface area contributed by atoms with Crippen molar-refractivity contribution in [3.63, 3.8) is 0 Å². The maximum atomic E-state index is 6.04. The van der Waals surface area contributed by atoms with E-state index in [4.69, 9.17) is 16.0 Å². The Kier molecular flexibility index (Phi) is 2.97. The highest BCUT2D eigenvalue weighted by Crippen LogP contribution is 2.25. The zero-order valence-electron chi connectivity index (χ0n) is 8.41. The van der Waals surface area contributed by atoms with Crippen molar-refractivity contribution in [3.05, 3.63) is 53.4 Å². The van der Waals surface area contributed by atoms with Crippen LogP contribution in [-0.4, -0.2) is 0 Å². The Morgan fingerprint density at radius 2 is 2.07 bits per heavy atom. The van der Waals surface area contributed by atoms with E-state index in [-0.39, 0.29) is 6.04 Å². The van der Waals surface area contributed by atoms with Crippen molar-refractivity contribution in [3.8, 4) is 0 Å². The Balaban J connectivity index is 2.13. The molecule has 0 saturated heterocycles. The summed E-state index contributed by atoms with van der Waals surface area (Å²) in [7, 11) is 0.